The zero-order valence-electron chi connectivity index (χ0n) is 11.7. The van der Waals surface area contributed by atoms with Crippen LogP contribution in [0.5, 0.6) is 0 Å². The second-order valence-corrected chi connectivity index (χ2v) is 7.04. The van der Waals surface area contributed by atoms with Crippen molar-refractivity contribution >= 4 is 0 Å². The molecule has 0 bridgehead atoms. The van der Waals surface area contributed by atoms with Gasteiger partial charge in [-0.15, -0.1) is 0 Å². The molecule has 0 aromatic carbocycles. The Morgan fingerprint density at radius 3 is 2.56 bits per heavy atom. The monoisotopic (exact) mass is 254 g/mol. The van der Waals surface area contributed by atoms with Crippen LogP contribution in [-0.2, 0) is 9.47 Å². The van der Waals surface area contributed by atoms with Crippen LogP contribution in [0.3, 0.4) is 0 Å². The Labute approximate surface area is 110 Å². The van der Waals surface area contributed by atoms with E-state index in [0.29, 0.717) is 17.8 Å². The molecule has 1 spiro atoms. The van der Waals surface area contributed by atoms with E-state index in [2.05, 4.69) is 13.8 Å². The number of ether oxygens (including phenoxy) is 2. The maximum absolute atomic E-state index is 10.8. The van der Waals surface area contributed by atoms with E-state index in [1.807, 2.05) is 0 Å². The predicted molar refractivity (Wildman–Crippen MR) is 69.4 cm³/mol. The molecule has 0 aromatic rings. The lowest BCUT2D eigenvalue weighted by molar-refractivity contribution is -0.185. The van der Waals surface area contributed by atoms with Gasteiger partial charge in [0.05, 0.1) is 17.8 Å². The summed E-state index contributed by atoms with van der Waals surface area (Å²) in [5.74, 6) is 1.84. The van der Waals surface area contributed by atoms with E-state index in [4.69, 9.17) is 9.47 Å². The highest BCUT2D eigenvalue weighted by atomic mass is 16.6. The van der Waals surface area contributed by atoms with E-state index in [1.54, 1.807) is 0 Å². The van der Waals surface area contributed by atoms with Gasteiger partial charge in [-0.05, 0) is 43.4 Å². The fraction of sp³-hybridized carbons (Fsp3) is 1.00. The van der Waals surface area contributed by atoms with Crippen molar-refractivity contribution in [1.29, 1.82) is 0 Å². The first-order valence-corrected chi connectivity index (χ1v) is 7.47. The molecule has 3 fully saturated rings. The van der Waals surface area contributed by atoms with Gasteiger partial charge in [0, 0.05) is 19.6 Å². The van der Waals surface area contributed by atoms with Crippen molar-refractivity contribution in [3.8, 4) is 0 Å². The van der Waals surface area contributed by atoms with Crippen LogP contribution in [0.1, 0.15) is 46.0 Å². The number of aliphatic hydroxyl groups is 1. The van der Waals surface area contributed by atoms with Crippen molar-refractivity contribution in [2.75, 3.05) is 19.8 Å². The topological polar surface area (TPSA) is 38.7 Å². The van der Waals surface area contributed by atoms with Crippen molar-refractivity contribution in [2.24, 2.45) is 17.8 Å². The lowest BCUT2D eigenvalue weighted by Crippen LogP contribution is -2.56. The fourth-order valence-electron chi connectivity index (χ4n) is 4.00. The lowest BCUT2D eigenvalue weighted by atomic mass is 9.58. The average Bonchev–Trinajstić information content (AvgIpc) is 2.73. The third-order valence-electron chi connectivity index (χ3n) is 5.49. The minimum Gasteiger partial charge on any atom is -0.390 e. The fourth-order valence-corrected chi connectivity index (χ4v) is 4.00. The van der Waals surface area contributed by atoms with E-state index < -0.39 is 5.60 Å². The standard InChI is InChI=1S/C15H26O3/c1-11(2)12-7-15(16,8-12)13-3-5-18-14(9-13)4-6-17-10-14/h11-13,16H,3-10H2,1-2H3. The molecule has 104 valence electrons. The van der Waals surface area contributed by atoms with Gasteiger partial charge >= 0.3 is 0 Å². The molecule has 18 heavy (non-hydrogen) atoms. The first-order valence-electron chi connectivity index (χ1n) is 7.47. The van der Waals surface area contributed by atoms with Gasteiger partial charge in [-0.3, -0.25) is 0 Å². The number of hydrogen-bond donors (Lipinski definition) is 1. The van der Waals surface area contributed by atoms with E-state index in [-0.39, 0.29) is 5.60 Å². The van der Waals surface area contributed by atoms with Gasteiger partial charge in [-0.25, -0.2) is 0 Å². The van der Waals surface area contributed by atoms with E-state index in [0.717, 1.165) is 51.9 Å². The zero-order valence-corrected chi connectivity index (χ0v) is 11.7. The van der Waals surface area contributed by atoms with E-state index >= 15 is 0 Å². The summed E-state index contributed by atoms with van der Waals surface area (Å²) >= 11 is 0. The van der Waals surface area contributed by atoms with E-state index in [9.17, 15) is 5.11 Å². The van der Waals surface area contributed by atoms with Crippen LogP contribution < -0.4 is 0 Å². The predicted octanol–water partition coefficient (Wildman–Crippen LogP) is 2.37. The molecule has 3 rings (SSSR count). The maximum Gasteiger partial charge on any atom is 0.0940 e. The molecule has 1 aliphatic carbocycles. The Kier molecular flexibility index (Phi) is 3.20. The Balaban J connectivity index is 1.63. The number of hydrogen-bond acceptors (Lipinski definition) is 3. The Hall–Kier alpha value is -0.120. The highest BCUT2D eigenvalue weighted by molar-refractivity contribution is 5.04. The quantitative estimate of drug-likeness (QED) is 0.822. The minimum atomic E-state index is -0.408. The summed E-state index contributed by atoms with van der Waals surface area (Å²) in [5, 5.41) is 10.8. The van der Waals surface area contributed by atoms with Gasteiger partial charge in [-0.2, -0.15) is 0 Å². The van der Waals surface area contributed by atoms with Crippen LogP contribution >= 0.6 is 0 Å². The van der Waals surface area contributed by atoms with Gasteiger partial charge in [0.1, 0.15) is 0 Å². The first kappa shape index (κ1) is 12.9. The molecule has 1 N–H and O–H groups in total. The highest BCUT2D eigenvalue weighted by Crippen LogP contribution is 2.51. The van der Waals surface area contributed by atoms with Gasteiger partial charge in [0.25, 0.3) is 0 Å². The third kappa shape index (κ3) is 2.10. The molecule has 2 heterocycles. The summed E-state index contributed by atoms with van der Waals surface area (Å²) in [4.78, 5) is 0. The zero-order chi connectivity index (χ0) is 12.8. The third-order valence-corrected chi connectivity index (χ3v) is 5.49. The van der Waals surface area contributed by atoms with Crippen LogP contribution in [0.25, 0.3) is 0 Å². The second-order valence-electron chi connectivity index (χ2n) is 7.04. The highest BCUT2D eigenvalue weighted by Gasteiger charge is 2.53. The smallest absolute Gasteiger partial charge is 0.0940 e. The summed E-state index contributed by atoms with van der Waals surface area (Å²) in [6, 6.07) is 0. The molecule has 3 nitrogen and oxygen atoms in total. The molecule has 0 aromatic heterocycles. The largest absolute Gasteiger partial charge is 0.390 e. The summed E-state index contributed by atoms with van der Waals surface area (Å²) in [7, 11) is 0. The van der Waals surface area contributed by atoms with Crippen LogP contribution in [-0.4, -0.2) is 36.1 Å². The van der Waals surface area contributed by atoms with Crippen LogP contribution in [0.4, 0.5) is 0 Å². The van der Waals surface area contributed by atoms with Crippen molar-refractivity contribution in [3.05, 3.63) is 0 Å². The molecule has 2 saturated heterocycles. The van der Waals surface area contributed by atoms with Gasteiger partial charge in [0.15, 0.2) is 0 Å². The van der Waals surface area contributed by atoms with Gasteiger partial charge in [-0.1, -0.05) is 13.8 Å². The SMILES string of the molecule is CC(C)C1CC(O)(C2CCOC3(CCOC3)C2)C1. The van der Waals surface area contributed by atoms with Crippen LogP contribution in [0.15, 0.2) is 0 Å². The lowest BCUT2D eigenvalue weighted by Gasteiger charge is -2.53. The van der Waals surface area contributed by atoms with Crippen LogP contribution in [0, 0.1) is 17.8 Å². The molecule has 3 aliphatic rings. The van der Waals surface area contributed by atoms with Crippen molar-refractivity contribution in [3.63, 3.8) is 0 Å². The number of rotatable bonds is 2. The maximum atomic E-state index is 10.8. The second kappa shape index (κ2) is 4.46. The Morgan fingerprint density at radius 1 is 1.17 bits per heavy atom. The average molecular weight is 254 g/mol. The van der Waals surface area contributed by atoms with Crippen molar-refractivity contribution in [2.45, 2.75) is 57.2 Å². The van der Waals surface area contributed by atoms with Crippen molar-refractivity contribution < 1.29 is 14.6 Å². The van der Waals surface area contributed by atoms with Crippen molar-refractivity contribution in [1.82, 2.24) is 0 Å². The van der Waals surface area contributed by atoms with E-state index in [1.165, 1.54) is 0 Å². The normalized spacial score (nSPS) is 48.7. The molecular weight excluding hydrogens is 228 g/mol. The summed E-state index contributed by atoms with van der Waals surface area (Å²) in [5.41, 5.74) is -0.476. The molecule has 0 amide bonds. The summed E-state index contributed by atoms with van der Waals surface area (Å²) in [6.07, 6.45) is 5.00. The Bertz CT molecular complexity index is 301. The molecular formula is C15H26O3. The van der Waals surface area contributed by atoms with Gasteiger partial charge < -0.3 is 14.6 Å². The minimum absolute atomic E-state index is 0.0679. The first-order chi connectivity index (χ1) is 8.53. The van der Waals surface area contributed by atoms with Crippen LogP contribution in [0.2, 0.25) is 0 Å². The molecule has 3 heteroatoms. The molecule has 0 radical (unpaired) electrons. The Morgan fingerprint density at radius 2 is 1.94 bits per heavy atom. The molecule has 2 atom stereocenters. The molecule has 2 unspecified atom stereocenters. The van der Waals surface area contributed by atoms with Gasteiger partial charge in [0.2, 0.25) is 0 Å². The molecule has 1 saturated carbocycles. The molecule has 2 aliphatic heterocycles. The summed E-state index contributed by atoms with van der Waals surface area (Å²) < 4.78 is 11.5. The summed E-state index contributed by atoms with van der Waals surface area (Å²) in [6.45, 7) is 6.87.